The van der Waals surface area contributed by atoms with Crippen LogP contribution >= 0.6 is 0 Å². The van der Waals surface area contributed by atoms with Crippen LogP contribution in [0.4, 0.5) is 5.82 Å². The van der Waals surface area contributed by atoms with Crippen molar-refractivity contribution < 1.29 is 29.3 Å². The molecule has 0 aliphatic carbocycles. The average Bonchev–Trinajstić information content (AvgIpc) is 2.66. The average molecular weight is 398 g/mol. The van der Waals surface area contributed by atoms with Gasteiger partial charge in [0.15, 0.2) is 0 Å². The Kier molecular flexibility index (Phi) is 5.51. The normalized spacial score (nSPS) is 10.8. The number of nitrogen functional groups attached to an aromatic ring is 1. The highest BCUT2D eigenvalue weighted by Crippen LogP contribution is 2.41. The number of hydrogen-bond acceptors (Lipinski definition) is 6. The van der Waals surface area contributed by atoms with Crippen molar-refractivity contribution in [1.29, 1.82) is 0 Å². The second kappa shape index (κ2) is 8.03. The first-order valence-corrected chi connectivity index (χ1v) is 8.53. The van der Waals surface area contributed by atoms with Crippen molar-refractivity contribution in [2.75, 3.05) is 26.1 Å². The molecular weight excluding hydrogens is 380 g/mol. The molecule has 0 bridgehead atoms. The minimum absolute atomic E-state index is 0.130. The number of benzene rings is 2. The number of carboxylic acids is 2. The summed E-state index contributed by atoms with van der Waals surface area (Å²) in [6.07, 6.45) is 0. The Hall–Kier alpha value is -3.85. The van der Waals surface area contributed by atoms with Gasteiger partial charge < -0.3 is 30.4 Å². The summed E-state index contributed by atoms with van der Waals surface area (Å²) in [7, 11) is 1.49. The number of nitrogens with two attached hydrogens (primary N) is 1. The molecule has 29 heavy (non-hydrogen) atoms. The lowest BCUT2D eigenvalue weighted by atomic mass is 9.90. The molecule has 0 unspecified atom stereocenters. The van der Waals surface area contributed by atoms with Crippen molar-refractivity contribution in [3.8, 4) is 16.9 Å². The minimum atomic E-state index is -1.58. The molecule has 150 valence electrons. The lowest BCUT2D eigenvalue weighted by Gasteiger charge is -2.18. The van der Waals surface area contributed by atoms with Crippen LogP contribution in [0.2, 0.25) is 0 Å². The van der Waals surface area contributed by atoms with Gasteiger partial charge in [-0.15, -0.1) is 0 Å². The van der Waals surface area contributed by atoms with Crippen molar-refractivity contribution in [2.24, 2.45) is 0 Å². The molecule has 0 aliphatic heterocycles. The van der Waals surface area contributed by atoms with Gasteiger partial charge in [0.1, 0.15) is 29.3 Å². The summed E-state index contributed by atoms with van der Waals surface area (Å²) in [5.74, 6) is -3.31. The second-order valence-electron chi connectivity index (χ2n) is 6.10. The number of carbonyl (C=O) groups is 2. The number of aromatic nitrogens is 1. The molecule has 1 heterocycles. The summed E-state index contributed by atoms with van der Waals surface area (Å²) >= 11 is 0. The van der Waals surface area contributed by atoms with Gasteiger partial charge in [-0.2, -0.15) is 0 Å². The molecule has 0 radical (unpaired) electrons. The molecular formula is C20H18N2O7. The van der Waals surface area contributed by atoms with E-state index in [1.807, 2.05) is 0 Å². The number of aromatic carboxylic acids is 2. The first-order chi connectivity index (χ1) is 13.9. The summed E-state index contributed by atoms with van der Waals surface area (Å²) in [6, 6.07) is 10.3. The molecule has 0 atom stereocenters. The minimum Gasteiger partial charge on any atom is -0.491 e. The second-order valence-corrected chi connectivity index (χ2v) is 6.10. The lowest BCUT2D eigenvalue weighted by Crippen LogP contribution is -2.24. The molecule has 9 nitrogen and oxygen atoms in total. The molecule has 2 aromatic carbocycles. The largest absolute Gasteiger partial charge is 0.491 e. The highest BCUT2D eigenvalue weighted by atomic mass is 16.5. The number of ether oxygens (including phenoxy) is 2. The van der Waals surface area contributed by atoms with E-state index in [1.54, 1.807) is 36.4 Å². The smallest absolute Gasteiger partial charge is 0.342 e. The number of hydrogen-bond donors (Lipinski definition) is 4. The van der Waals surface area contributed by atoms with Crippen molar-refractivity contribution in [2.45, 2.75) is 0 Å². The fraction of sp³-hybridized carbons (Fsp3) is 0.150. The SMILES string of the molecule is COCCOc1ccc2ccccc2c1-c1c(C(=O)O)c(N)[nH]c(=O)c1C(=O)O. The maximum Gasteiger partial charge on any atom is 0.342 e. The van der Waals surface area contributed by atoms with Gasteiger partial charge in [-0.1, -0.05) is 30.3 Å². The molecule has 3 rings (SSSR count). The van der Waals surface area contributed by atoms with E-state index >= 15 is 0 Å². The number of carboxylic acid groups (broad SMARTS) is 2. The highest BCUT2D eigenvalue weighted by Gasteiger charge is 2.29. The number of rotatable bonds is 7. The van der Waals surface area contributed by atoms with Crippen LogP contribution in [0, 0.1) is 0 Å². The molecule has 1 aromatic heterocycles. The standard InChI is InChI=1S/C20H18N2O7/c1-28-8-9-29-12-7-6-10-4-2-3-5-11(10)13(12)14-15(19(24)25)17(21)22-18(23)16(14)20(26)27/h2-7H,8-9H2,1H3,(H,24,25)(H,26,27)(H3,21,22,23). The van der Waals surface area contributed by atoms with Gasteiger partial charge in [-0.3, -0.25) is 4.79 Å². The molecule has 0 aliphatic rings. The molecule has 0 saturated heterocycles. The van der Waals surface area contributed by atoms with E-state index in [1.165, 1.54) is 7.11 Å². The summed E-state index contributed by atoms with van der Waals surface area (Å²) in [4.78, 5) is 38.3. The van der Waals surface area contributed by atoms with E-state index in [-0.39, 0.29) is 30.1 Å². The zero-order valence-corrected chi connectivity index (χ0v) is 15.4. The summed E-state index contributed by atoms with van der Waals surface area (Å²) in [6.45, 7) is 0.382. The van der Waals surface area contributed by atoms with Crippen molar-refractivity contribution in [1.82, 2.24) is 4.98 Å². The highest BCUT2D eigenvalue weighted by molar-refractivity contribution is 6.13. The Morgan fingerprint density at radius 2 is 1.69 bits per heavy atom. The number of fused-ring (bicyclic) bond motifs is 1. The summed E-state index contributed by atoms with van der Waals surface area (Å²) in [5.41, 5.74) is 3.35. The molecule has 0 fully saturated rings. The van der Waals surface area contributed by atoms with Crippen LogP contribution in [0.15, 0.2) is 41.2 Å². The van der Waals surface area contributed by atoms with Crippen molar-refractivity contribution >= 4 is 28.5 Å². The van der Waals surface area contributed by atoms with Gasteiger partial charge in [-0.25, -0.2) is 9.59 Å². The fourth-order valence-corrected chi connectivity index (χ4v) is 3.16. The van der Waals surface area contributed by atoms with E-state index in [9.17, 15) is 24.6 Å². The van der Waals surface area contributed by atoms with Crippen LogP contribution < -0.4 is 16.0 Å². The van der Waals surface area contributed by atoms with Gasteiger partial charge >= 0.3 is 11.9 Å². The third-order valence-corrected chi connectivity index (χ3v) is 4.36. The molecule has 0 spiro atoms. The van der Waals surface area contributed by atoms with Crippen LogP contribution in [-0.2, 0) is 4.74 Å². The summed E-state index contributed by atoms with van der Waals surface area (Å²) in [5, 5.41) is 20.6. The maximum absolute atomic E-state index is 12.4. The monoisotopic (exact) mass is 398 g/mol. The number of aromatic amines is 1. The van der Waals surface area contributed by atoms with Crippen LogP contribution in [0.1, 0.15) is 20.7 Å². The number of H-pyrrole nitrogens is 1. The van der Waals surface area contributed by atoms with Crippen LogP contribution in [0.5, 0.6) is 5.75 Å². The van der Waals surface area contributed by atoms with E-state index in [0.717, 1.165) is 0 Å². The Morgan fingerprint density at radius 3 is 2.34 bits per heavy atom. The van der Waals surface area contributed by atoms with E-state index in [0.29, 0.717) is 10.8 Å². The Bertz CT molecular complexity index is 1170. The van der Waals surface area contributed by atoms with Gasteiger partial charge in [0.2, 0.25) is 0 Å². The number of anilines is 1. The van der Waals surface area contributed by atoms with Gasteiger partial charge in [0.05, 0.1) is 6.61 Å². The van der Waals surface area contributed by atoms with Gasteiger partial charge in [0.25, 0.3) is 5.56 Å². The number of nitrogens with one attached hydrogen (secondary N) is 1. The molecule has 5 N–H and O–H groups in total. The quantitative estimate of drug-likeness (QED) is 0.442. The van der Waals surface area contributed by atoms with E-state index in [2.05, 4.69) is 4.98 Å². The topological polar surface area (TPSA) is 152 Å². The fourth-order valence-electron chi connectivity index (χ4n) is 3.16. The molecule has 0 saturated carbocycles. The third kappa shape index (κ3) is 3.63. The molecule has 3 aromatic rings. The van der Waals surface area contributed by atoms with E-state index in [4.69, 9.17) is 15.2 Å². The van der Waals surface area contributed by atoms with Crippen LogP contribution in [-0.4, -0.2) is 47.5 Å². The number of pyridine rings is 1. The molecule has 9 heteroatoms. The van der Waals surface area contributed by atoms with Crippen LogP contribution in [0.3, 0.4) is 0 Å². The van der Waals surface area contributed by atoms with Gasteiger partial charge in [-0.05, 0) is 16.8 Å². The van der Waals surface area contributed by atoms with Crippen LogP contribution in [0.25, 0.3) is 21.9 Å². The van der Waals surface area contributed by atoms with E-state index < -0.39 is 34.4 Å². The molecule has 0 amide bonds. The van der Waals surface area contributed by atoms with Crippen molar-refractivity contribution in [3.63, 3.8) is 0 Å². The predicted octanol–water partition coefficient (Wildman–Crippen LogP) is 2.20. The van der Waals surface area contributed by atoms with Gasteiger partial charge in [0, 0.05) is 18.2 Å². The lowest BCUT2D eigenvalue weighted by molar-refractivity contribution is 0.0695. The zero-order valence-electron chi connectivity index (χ0n) is 15.4. The first kappa shape index (κ1) is 19.9. The predicted molar refractivity (Wildman–Crippen MR) is 106 cm³/mol. The first-order valence-electron chi connectivity index (χ1n) is 8.53. The Balaban J connectivity index is 2.49. The Morgan fingerprint density at radius 1 is 1.00 bits per heavy atom. The maximum atomic E-state index is 12.4. The third-order valence-electron chi connectivity index (χ3n) is 4.36. The summed E-state index contributed by atoms with van der Waals surface area (Å²) < 4.78 is 10.7. The van der Waals surface area contributed by atoms with Crippen molar-refractivity contribution in [3.05, 3.63) is 57.9 Å². The zero-order chi connectivity index (χ0) is 21.1. The number of methoxy groups -OCH3 is 1. The Labute approximate surface area is 164 Å².